The van der Waals surface area contributed by atoms with Gasteiger partial charge >= 0.3 is 0 Å². The lowest BCUT2D eigenvalue weighted by Crippen LogP contribution is -2.56. The highest BCUT2D eigenvalue weighted by molar-refractivity contribution is 5.72. The number of carbonyl (C=O) groups excluding carboxylic acids is 1. The van der Waals surface area contributed by atoms with Gasteiger partial charge in [0, 0.05) is 50.6 Å². The van der Waals surface area contributed by atoms with Crippen LogP contribution in [0.25, 0.3) is 0 Å². The zero-order valence-electron chi connectivity index (χ0n) is 15.7. The first-order valence-electron chi connectivity index (χ1n) is 10.1. The molecule has 1 unspecified atom stereocenters. The molecule has 5 rings (SSSR count). The Labute approximate surface area is 151 Å². The molecule has 2 bridgehead atoms. The number of piperidine rings is 3. The fourth-order valence-electron chi connectivity index (χ4n) is 5.40. The van der Waals surface area contributed by atoms with Gasteiger partial charge in [0.05, 0.1) is 5.69 Å². The van der Waals surface area contributed by atoms with Crippen molar-refractivity contribution < 1.29 is 4.79 Å². The second kappa shape index (κ2) is 7.10. The Morgan fingerprint density at radius 3 is 2.76 bits per heavy atom. The number of nitrogens with zero attached hydrogens (tertiary/aromatic N) is 3. The number of hydrogen-bond acceptors (Lipinski definition) is 3. The number of amides is 1. The van der Waals surface area contributed by atoms with Gasteiger partial charge in [-0.2, -0.15) is 5.10 Å². The smallest absolute Gasteiger partial charge is 0.216 e. The Kier molecular flexibility index (Phi) is 4.85. The first kappa shape index (κ1) is 17.1. The molecule has 3 aliphatic heterocycles. The number of nitrogens with one attached hydrogen (secondary N) is 1. The maximum atomic E-state index is 11.2. The highest BCUT2D eigenvalue weighted by Crippen LogP contribution is 2.42. The number of hydrogen-bond donors (Lipinski definition) is 1. The summed E-state index contributed by atoms with van der Waals surface area (Å²) in [6.07, 6.45) is 9.24. The van der Waals surface area contributed by atoms with Crippen LogP contribution in [0.3, 0.4) is 0 Å². The molecule has 1 N–H and O–H groups in total. The first-order valence-corrected chi connectivity index (χ1v) is 10.1. The minimum atomic E-state index is 0.0861. The number of carbonyl (C=O) groups is 1. The zero-order valence-corrected chi connectivity index (χ0v) is 15.7. The molecule has 5 heteroatoms. The maximum absolute atomic E-state index is 11.2. The van der Waals surface area contributed by atoms with Crippen molar-refractivity contribution in [3.8, 4) is 0 Å². The Morgan fingerprint density at radius 2 is 2.08 bits per heavy atom. The van der Waals surface area contributed by atoms with Gasteiger partial charge in [0.1, 0.15) is 0 Å². The van der Waals surface area contributed by atoms with Crippen LogP contribution in [0.2, 0.25) is 0 Å². The van der Waals surface area contributed by atoms with Crippen LogP contribution >= 0.6 is 0 Å². The van der Waals surface area contributed by atoms with Gasteiger partial charge in [-0.3, -0.25) is 14.4 Å². The highest BCUT2D eigenvalue weighted by Gasteiger charge is 2.41. The van der Waals surface area contributed by atoms with Crippen molar-refractivity contribution in [2.75, 3.05) is 19.6 Å². The van der Waals surface area contributed by atoms with Crippen molar-refractivity contribution in [3.05, 3.63) is 17.5 Å². The molecule has 1 amide bonds. The predicted octanol–water partition coefficient (Wildman–Crippen LogP) is 2.78. The normalized spacial score (nSPS) is 32.7. The Balaban J connectivity index is 1.46. The van der Waals surface area contributed by atoms with Crippen molar-refractivity contribution in [2.45, 2.75) is 69.7 Å². The van der Waals surface area contributed by atoms with E-state index in [1.165, 1.54) is 62.9 Å². The van der Waals surface area contributed by atoms with Gasteiger partial charge in [0.2, 0.25) is 5.91 Å². The molecule has 4 aliphatic rings. The van der Waals surface area contributed by atoms with Gasteiger partial charge in [0.25, 0.3) is 0 Å². The average molecular weight is 345 g/mol. The van der Waals surface area contributed by atoms with Gasteiger partial charge in [-0.05, 0) is 44.2 Å². The number of aryl methyl sites for hydroxylation is 1. The molecule has 1 saturated carbocycles. The van der Waals surface area contributed by atoms with Crippen LogP contribution in [-0.2, 0) is 11.8 Å². The minimum absolute atomic E-state index is 0.0861. The SMILES string of the molecule is CC(=O)NC[C@H]1C[C@@H]2CCN1C[C@@H]2c1cc(C2CCCCC2)nn1C. The molecular weight excluding hydrogens is 312 g/mol. The summed E-state index contributed by atoms with van der Waals surface area (Å²) in [7, 11) is 2.13. The number of rotatable bonds is 4. The lowest BCUT2D eigenvalue weighted by Gasteiger charge is -2.49. The van der Waals surface area contributed by atoms with Crippen molar-refractivity contribution in [3.63, 3.8) is 0 Å². The van der Waals surface area contributed by atoms with Crippen LogP contribution in [0, 0.1) is 5.92 Å². The molecule has 1 aromatic heterocycles. The predicted molar refractivity (Wildman–Crippen MR) is 98.5 cm³/mol. The first-order chi connectivity index (χ1) is 12.1. The topological polar surface area (TPSA) is 50.2 Å². The van der Waals surface area contributed by atoms with Crippen molar-refractivity contribution in [2.24, 2.45) is 13.0 Å². The van der Waals surface area contributed by atoms with E-state index >= 15 is 0 Å². The molecule has 1 aliphatic carbocycles. The molecule has 4 fully saturated rings. The minimum Gasteiger partial charge on any atom is -0.355 e. The van der Waals surface area contributed by atoms with Gasteiger partial charge in [-0.15, -0.1) is 0 Å². The molecule has 5 nitrogen and oxygen atoms in total. The van der Waals surface area contributed by atoms with Gasteiger partial charge in [0.15, 0.2) is 0 Å². The Bertz CT molecular complexity index is 619. The molecule has 0 radical (unpaired) electrons. The summed E-state index contributed by atoms with van der Waals surface area (Å²) in [5.41, 5.74) is 2.77. The van der Waals surface area contributed by atoms with Crippen molar-refractivity contribution in [1.82, 2.24) is 20.0 Å². The van der Waals surface area contributed by atoms with E-state index in [-0.39, 0.29) is 5.91 Å². The Hall–Kier alpha value is -1.36. The molecule has 0 aromatic carbocycles. The average Bonchev–Trinajstić information content (AvgIpc) is 3.03. The summed E-state index contributed by atoms with van der Waals surface area (Å²) < 4.78 is 2.17. The van der Waals surface area contributed by atoms with Crippen LogP contribution in [0.5, 0.6) is 0 Å². The summed E-state index contributed by atoms with van der Waals surface area (Å²) in [4.78, 5) is 13.8. The summed E-state index contributed by atoms with van der Waals surface area (Å²) in [6.45, 7) is 4.72. The molecule has 3 saturated heterocycles. The van der Waals surface area contributed by atoms with Crippen LogP contribution in [0.4, 0.5) is 0 Å². The van der Waals surface area contributed by atoms with E-state index in [2.05, 4.69) is 28.0 Å². The summed E-state index contributed by atoms with van der Waals surface area (Å²) >= 11 is 0. The lowest BCUT2D eigenvalue weighted by molar-refractivity contribution is -0.119. The van der Waals surface area contributed by atoms with Gasteiger partial charge < -0.3 is 5.32 Å². The third-order valence-corrected chi connectivity index (χ3v) is 6.80. The van der Waals surface area contributed by atoms with Crippen LogP contribution in [-0.4, -0.2) is 46.3 Å². The van der Waals surface area contributed by atoms with Gasteiger partial charge in [-0.1, -0.05) is 19.3 Å². The third-order valence-electron chi connectivity index (χ3n) is 6.80. The molecule has 138 valence electrons. The summed E-state index contributed by atoms with van der Waals surface area (Å²) in [6, 6.07) is 2.94. The monoisotopic (exact) mass is 344 g/mol. The Morgan fingerprint density at radius 1 is 1.28 bits per heavy atom. The zero-order chi connectivity index (χ0) is 17.4. The molecule has 4 heterocycles. The van der Waals surface area contributed by atoms with E-state index in [1.807, 2.05) is 0 Å². The van der Waals surface area contributed by atoms with Crippen molar-refractivity contribution >= 4 is 5.91 Å². The van der Waals surface area contributed by atoms with E-state index in [0.717, 1.165) is 19.0 Å². The van der Waals surface area contributed by atoms with E-state index in [9.17, 15) is 4.79 Å². The van der Waals surface area contributed by atoms with Crippen LogP contribution < -0.4 is 5.32 Å². The van der Waals surface area contributed by atoms with E-state index in [4.69, 9.17) is 5.10 Å². The lowest BCUT2D eigenvalue weighted by atomic mass is 9.74. The maximum Gasteiger partial charge on any atom is 0.216 e. The second-order valence-electron chi connectivity index (χ2n) is 8.43. The third kappa shape index (κ3) is 3.48. The standard InChI is InChI=1S/C20H32N4O/c1-14(25)21-12-17-10-16-8-9-24(17)13-18(16)20-11-19(22-23(20)2)15-6-4-3-5-7-15/h11,15-18H,3-10,12-13H2,1-2H3,(H,21,25)/t16-,17+,18-/m0/s1. The highest BCUT2D eigenvalue weighted by atomic mass is 16.1. The van der Waals surface area contributed by atoms with E-state index < -0.39 is 0 Å². The van der Waals surface area contributed by atoms with Crippen LogP contribution in [0.15, 0.2) is 6.07 Å². The second-order valence-corrected chi connectivity index (χ2v) is 8.43. The van der Waals surface area contributed by atoms with Crippen LogP contribution in [0.1, 0.15) is 75.1 Å². The summed E-state index contributed by atoms with van der Waals surface area (Å²) in [5.74, 6) is 2.11. The van der Waals surface area contributed by atoms with Gasteiger partial charge in [-0.25, -0.2) is 0 Å². The molecule has 25 heavy (non-hydrogen) atoms. The van der Waals surface area contributed by atoms with E-state index in [1.54, 1.807) is 6.92 Å². The quantitative estimate of drug-likeness (QED) is 0.914. The number of fused-ring (bicyclic) bond motifs is 3. The fraction of sp³-hybridized carbons (Fsp3) is 0.800. The molecule has 0 spiro atoms. The van der Waals surface area contributed by atoms with Crippen molar-refractivity contribution in [1.29, 1.82) is 0 Å². The molecular formula is C20H32N4O. The largest absolute Gasteiger partial charge is 0.355 e. The summed E-state index contributed by atoms with van der Waals surface area (Å²) in [5, 5.41) is 7.93. The fourth-order valence-corrected chi connectivity index (χ4v) is 5.40. The molecule has 1 aromatic rings. The molecule has 4 atom stereocenters. The van der Waals surface area contributed by atoms with E-state index in [0.29, 0.717) is 17.9 Å². The number of aromatic nitrogens is 2.